The van der Waals surface area contributed by atoms with Gasteiger partial charge < -0.3 is 14.6 Å². The lowest BCUT2D eigenvalue weighted by atomic mass is 10.2. The summed E-state index contributed by atoms with van der Waals surface area (Å²) in [6.45, 7) is 1.84. The summed E-state index contributed by atoms with van der Waals surface area (Å²) in [5.74, 6) is 1.00. The van der Waals surface area contributed by atoms with Gasteiger partial charge >= 0.3 is 5.97 Å². The zero-order valence-corrected chi connectivity index (χ0v) is 13.4. The van der Waals surface area contributed by atoms with Crippen molar-refractivity contribution in [3.8, 4) is 11.5 Å². The molecule has 0 saturated carbocycles. The highest BCUT2D eigenvalue weighted by atomic mass is 32.2. The van der Waals surface area contributed by atoms with E-state index in [-0.39, 0.29) is 5.56 Å². The maximum Gasteiger partial charge on any atom is 0.338 e. The monoisotopic (exact) mass is 319 g/mol. The second-order valence-corrected chi connectivity index (χ2v) is 5.54. The normalized spacial score (nSPS) is 10.3. The number of carbonyl (C=O) groups is 1. The first-order chi connectivity index (χ1) is 10.5. The molecule has 0 amide bonds. The standard InChI is InChI=1S/C16H17NO4S/c1-10-4-7-13(16(18)19)15(17-10)22-9-11-5-6-12(20-2)8-14(11)21-3/h4-8H,9H2,1-3H3,(H,18,19). The van der Waals surface area contributed by atoms with E-state index in [1.165, 1.54) is 11.8 Å². The maximum absolute atomic E-state index is 11.3. The molecule has 0 bridgehead atoms. The molecule has 2 rings (SSSR count). The minimum atomic E-state index is -0.975. The minimum absolute atomic E-state index is 0.211. The molecular formula is C16H17NO4S. The first-order valence-electron chi connectivity index (χ1n) is 6.59. The number of hydrogen-bond acceptors (Lipinski definition) is 5. The van der Waals surface area contributed by atoms with Crippen LogP contribution in [0.5, 0.6) is 11.5 Å². The number of thioether (sulfide) groups is 1. The zero-order chi connectivity index (χ0) is 16.1. The van der Waals surface area contributed by atoms with Crippen LogP contribution in [0.4, 0.5) is 0 Å². The van der Waals surface area contributed by atoms with Crippen molar-refractivity contribution in [1.82, 2.24) is 4.98 Å². The molecule has 1 heterocycles. The van der Waals surface area contributed by atoms with E-state index in [0.717, 1.165) is 11.3 Å². The predicted molar refractivity (Wildman–Crippen MR) is 85.0 cm³/mol. The van der Waals surface area contributed by atoms with Gasteiger partial charge in [0.05, 0.1) is 19.8 Å². The summed E-state index contributed by atoms with van der Waals surface area (Å²) in [5.41, 5.74) is 1.95. The largest absolute Gasteiger partial charge is 0.497 e. The van der Waals surface area contributed by atoms with Crippen LogP contribution < -0.4 is 9.47 Å². The molecule has 116 valence electrons. The number of pyridine rings is 1. The van der Waals surface area contributed by atoms with Gasteiger partial charge in [-0.2, -0.15) is 0 Å². The highest BCUT2D eigenvalue weighted by Gasteiger charge is 2.13. The summed E-state index contributed by atoms with van der Waals surface area (Å²) in [7, 11) is 3.19. The molecule has 1 aromatic carbocycles. The topological polar surface area (TPSA) is 68.7 Å². The number of nitrogens with zero attached hydrogens (tertiary/aromatic N) is 1. The van der Waals surface area contributed by atoms with Crippen LogP contribution in [0.1, 0.15) is 21.6 Å². The number of aromatic nitrogens is 1. The van der Waals surface area contributed by atoms with Crippen molar-refractivity contribution < 1.29 is 19.4 Å². The van der Waals surface area contributed by atoms with Crippen molar-refractivity contribution in [2.24, 2.45) is 0 Å². The molecule has 5 nitrogen and oxygen atoms in total. The lowest BCUT2D eigenvalue weighted by molar-refractivity contribution is 0.0692. The van der Waals surface area contributed by atoms with Crippen LogP contribution in [0.2, 0.25) is 0 Å². The quantitative estimate of drug-likeness (QED) is 0.823. The second-order valence-electron chi connectivity index (χ2n) is 4.58. The van der Waals surface area contributed by atoms with E-state index < -0.39 is 5.97 Å². The van der Waals surface area contributed by atoms with Crippen LogP contribution in [0, 0.1) is 6.92 Å². The Morgan fingerprint density at radius 2 is 2.00 bits per heavy atom. The van der Waals surface area contributed by atoms with Crippen molar-refractivity contribution in [1.29, 1.82) is 0 Å². The van der Waals surface area contributed by atoms with Gasteiger partial charge in [-0.1, -0.05) is 6.07 Å². The number of methoxy groups -OCH3 is 2. The Bertz CT molecular complexity index is 688. The van der Waals surface area contributed by atoms with Crippen LogP contribution >= 0.6 is 11.8 Å². The number of benzene rings is 1. The van der Waals surface area contributed by atoms with Gasteiger partial charge in [0.2, 0.25) is 0 Å². The molecule has 0 saturated heterocycles. The van der Waals surface area contributed by atoms with Gasteiger partial charge in [-0.05, 0) is 25.1 Å². The average Bonchev–Trinajstić information content (AvgIpc) is 2.52. The number of hydrogen-bond donors (Lipinski definition) is 1. The average molecular weight is 319 g/mol. The van der Waals surface area contributed by atoms with Gasteiger partial charge in [0, 0.05) is 23.1 Å². The third kappa shape index (κ3) is 3.71. The number of carboxylic acid groups (broad SMARTS) is 1. The molecule has 0 aliphatic heterocycles. The van der Waals surface area contributed by atoms with E-state index in [4.69, 9.17) is 9.47 Å². The molecule has 22 heavy (non-hydrogen) atoms. The number of rotatable bonds is 6. The van der Waals surface area contributed by atoms with E-state index in [1.807, 2.05) is 19.1 Å². The van der Waals surface area contributed by atoms with E-state index in [9.17, 15) is 9.90 Å². The Hall–Kier alpha value is -2.21. The fourth-order valence-corrected chi connectivity index (χ4v) is 2.97. The Kier molecular flexibility index (Phi) is 5.27. The summed E-state index contributed by atoms with van der Waals surface area (Å²) in [6, 6.07) is 8.83. The first kappa shape index (κ1) is 16.2. The molecule has 1 aromatic heterocycles. The molecule has 0 radical (unpaired) electrons. The highest BCUT2D eigenvalue weighted by molar-refractivity contribution is 7.98. The fourth-order valence-electron chi connectivity index (χ4n) is 1.92. The lowest BCUT2D eigenvalue weighted by Gasteiger charge is -2.11. The molecule has 0 atom stereocenters. The smallest absolute Gasteiger partial charge is 0.338 e. The molecule has 1 N–H and O–H groups in total. The summed E-state index contributed by atoms with van der Waals surface area (Å²) in [5, 5.41) is 9.73. The van der Waals surface area contributed by atoms with Gasteiger partial charge in [0.1, 0.15) is 16.5 Å². The zero-order valence-electron chi connectivity index (χ0n) is 12.6. The molecule has 0 aliphatic carbocycles. The Morgan fingerprint density at radius 3 is 2.64 bits per heavy atom. The molecule has 0 aliphatic rings. The van der Waals surface area contributed by atoms with Gasteiger partial charge in [0.25, 0.3) is 0 Å². The van der Waals surface area contributed by atoms with Crippen molar-refractivity contribution in [2.75, 3.05) is 14.2 Å². The van der Waals surface area contributed by atoms with Crippen LogP contribution in [0.3, 0.4) is 0 Å². The van der Waals surface area contributed by atoms with Gasteiger partial charge in [0.15, 0.2) is 0 Å². The van der Waals surface area contributed by atoms with Crippen LogP contribution in [0.15, 0.2) is 35.4 Å². The summed E-state index contributed by atoms with van der Waals surface area (Å²) >= 11 is 1.37. The third-order valence-corrected chi connectivity index (χ3v) is 4.13. The van der Waals surface area contributed by atoms with Crippen LogP contribution in [-0.2, 0) is 5.75 Å². The van der Waals surface area contributed by atoms with Gasteiger partial charge in [-0.25, -0.2) is 9.78 Å². The molecule has 0 unspecified atom stereocenters. The first-order valence-corrected chi connectivity index (χ1v) is 7.58. The molecule has 6 heteroatoms. The number of ether oxygens (including phenoxy) is 2. The summed E-state index contributed by atoms with van der Waals surface area (Å²) in [4.78, 5) is 15.6. The van der Waals surface area contributed by atoms with Crippen LogP contribution in [-0.4, -0.2) is 30.3 Å². The van der Waals surface area contributed by atoms with E-state index in [2.05, 4.69) is 4.98 Å². The molecule has 2 aromatic rings. The van der Waals surface area contributed by atoms with Gasteiger partial charge in [-0.3, -0.25) is 0 Å². The Labute approximate surface area is 133 Å². The highest BCUT2D eigenvalue weighted by Crippen LogP contribution is 2.31. The lowest BCUT2D eigenvalue weighted by Crippen LogP contribution is -2.02. The number of aromatic carboxylic acids is 1. The summed E-state index contributed by atoms with van der Waals surface area (Å²) < 4.78 is 10.5. The second kappa shape index (κ2) is 7.17. The predicted octanol–water partition coefficient (Wildman–Crippen LogP) is 3.40. The fraction of sp³-hybridized carbons (Fsp3) is 0.250. The third-order valence-electron chi connectivity index (χ3n) is 3.09. The maximum atomic E-state index is 11.3. The molecular weight excluding hydrogens is 302 g/mol. The van der Waals surface area contributed by atoms with E-state index in [1.54, 1.807) is 32.4 Å². The van der Waals surface area contributed by atoms with Crippen molar-refractivity contribution >= 4 is 17.7 Å². The van der Waals surface area contributed by atoms with Crippen molar-refractivity contribution in [3.63, 3.8) is 0 Å². The minimum Gasteiger partial charge on any atom is -0.497 e. The summed E-state index contributed by atoms with van der Waals surface area (Å²) in [6.07, 6.45) is 0. The van der Waals surface area contributed by atoms with E-state index in [0.29, 0.717) is 22.3 Å². The molecule has 0 spiro atoms. The number of carboxylic acids is 1. The van der Waals surface area contributed by atoms with Crippen molar-refractivity contribution in [2.45, 2.75) is 17.7 Å². The number of aryl methyl sites for hydroxylation is 1. The Morgan fingerprint density at radius 1 is 1.23 bits per heavy atom. The van der Waals surface area contributed by atoms with Crippen molar-refractivity contribution in [3.05, 3.63) is 47.2 Å². The van der Waals surface area contributed by atoms with Crippen LogP contribution in [0.25, 0.3) is 0 Å². The SMILES string of the molecule is COc1ccc(CSc2nc(C)ccc2C(=O)O)c(OC)c1. The van der Waals surface area contributed by atoms with E-state index >= 15 is 0 Å². The molecule has 0 fully saturated rings. The van der Waals surface area contributed by atoms with Gasteiger partial charge in [-0.15, -0.1) is 11.8 Å². The Balaban J connectivity index is 2.23.